The molecular weight excluding hydrogens is 306 g/mol. The number of rotatable bonds is 2. The molecule has 0 atom stereocenters. The molecule has 1 aromatic carbocycles. The SMILES string of the molecule is Nc1ccc2c(c1)C(=O)N(Cc1cncc(Br)c1)C2. The normalized spacial score (nSPS) is 13.7. The number of benzene rings is 1. The Balaban J connectivity index is 1.84. The maximum atomic E-state index is 12.3. The van der Waals surface area contributed by atoms with Crippen molar-refractivity contribution in [2.24, 2.45) is 0 Å². The molecule has 2 aromatic rings. The Bertz CT molecular complexity index is 657. The first-order valence-electron chi connectivity index (χ1n) is 5.90. The zero-order valence-electron chi connectivity index (χ0n) is 10.1. The number of halogens is 1. The summed E-state index contributed by atoms with van der Waals surface area (Å²) >= 11 is 3.38. The number of carbonyl (C=O) groups excluding carboxylic acids is 1. The van der Waals surface area contributed by atoms with Crippen molar-refractivity contribution in [3.8, 4) is 0 Å². The Kier molecular flexibility index (Phi) is 2.98. The van der Waals surface area contributed by atoms with Gasteiger partial charge in [-0.05, 0) is 45.3 Å². The number of anilines is 1. The third-order valence-corrected chi connectivity index (χ3v) is 3.58. The van der Waals surface area contributed by atoms with Crippen LogP contribution in [0.5, 0.6) is 0 Å². The summed E-state index contributed by atoms with van der Waals surface area (Å²) in [6.07, 6.45) is 3.50. The predicted octanol–water partition coefficient (Wildman–Crippen LogP) is 2.58. The minimum atomic E-state index is 0.0299. The molecule has 2 heterocycles. The van der Waals surface area contributed by atoms with Crippen LogP contribution < -0.4 is 5.73 Å². The van der Waals surface area contributed by atoms with Crippen LogP contribution in [0.15, 0.2) is 41.1 Å². The highest BCUT2D eigenvalue weighted by Crippen LogP contribution is 2.26. The maximum absolute atomic E-state index is 12.3. The van der Waals surface area contributed by atoms with Gasteiger partial charge in [-0.1, -0.05) is 6.07 Å². The van der Waals surface area contributed by atoms with E-state index in [0.29, 0.717) is 24.3 Å². The molecule has 0 radical (unpaired) electrons. The molecule has 0 saturated carbocycles. The van der Waals surface area contributed by atoms with Crippen LogP contribution in [-0.2, 0) is 13.1 Å². The van der Waals surface area contributed by atoms with E-state index in [4.69, 9.17) is 5.73 Å². The Morgan fingerprint density at radius 3 is 2.95 bits per heavy atom. The van der Waals surface area contributed by atoms with Gasteiger partial charge in [-0.2, -0.15) is 0 Å². The lowest BCUT2D eigenvalue weighted by Crippen LogP contribution is -2.23. The molecule has 0 unspecified atom stereocenters. The number of nitrogens with zero attached hydrogens (tertiary/aromatic N) is 2. The third-order valence-electron chi connectivity index (χ3n) is 3.15. The van der Waals surface area contributed by atoms with Gasteiger partial charge in [0.25, 0.3) is 5.91 Å². The Hall–Kier alpha value is -1.88. The average molecular weight is 318 g/mol. The number of aromatic nitrogens is 1. The number of hydrogen-bond acceptors (Lipinski definition) is 3. The van der Waals surface area contributed by atoms with Gasteiger partial charge in [-0.25, -0.2) is 0 Å². The molecule has 1 aliphatic heterocycles. The second kappa shape index (κ2) is 4.66. The largest absolute Gasteiger partial charge is 0.399 e. The highest BCUT2D eigenvalue weighted by Gasteiger charge is 2.27. The van der Waals surface area contributed by atoms with Crippen molar-refractivity contribution in [1.29, 1.82) is 0 Å². The maximum Gasteiger partial charge on any atom is 0.254 e. The molecule has 1 aliphatic rings. The van der Waals surface area contributed by atoms with E-state index in [2.05, 4.69) is 20.9 Å². The number of nitrogen functional groups attached to an aromatic ring is 1. The van der Waals surface area contributed by atoms with Gasteiger partial charge < -0.3 is 10.6 Å². The summed E-state index contributed by atoms with van der Waals surface area (Å²) in [5.74, 6) is 0.0299. The van der Waals surface area contributed by atoms with Crippen LogP contribution in [0.2, 0.25) is 0 Å². The van der Waals surface area contributed by atoms with Gasteiger partial charge in [0.05, 0.1) is 0 Å². The summed E-state index contributed by atoms with van der Waals surface area (Å²) in [6.45, 7) is 1.18. The molecule has 0 spiro atoms. The first kappa shape index (κ1) is 12.2. The van der Waals surface area contributed by atoms with Crippen molar-refractivity contribution in [3.63, 3.8) is 0 Å². The monoisotopic (exact) mass is 317 g/mol. The topological polar surface area (TPSA) is 59.2 Å². The van der Waals surface area contributed by atoms with Crippen molar-refractivity contribution in [3.05, 3.63) is 57.8 Å². The van der Waals surface area contributed by atoms with Crippen LogP contribution in [0.4, 0.5) is 5.69 Å². The van der Waals surface area contributed by atoms with Crippen LogP contribution in [0.1, 0.15) is 21.5 Å². The van der Waals surface area contributed by atoms with Crippen molar-refractivity contribution in [2.75, 3.05) is 5.73 Å². The fourth-order valence-corrected chi connectivity index (χ4v) is 2.68. The summed E-state index contributed by atoms with van der Waals surface area (Å²) in [6, 6.07) is 7.46. The van der Waals surface area contributed by atoms with Crippen LogP contribution in [0.3, 0.4) is 0 Å². The summed E-state index contributed by atoms with van der Waals surface area (Å²) in [5, 5.41) is 0. The van der Waals surface area contributed by atoms with Crippen molar-refractivity contribution in [2.45, 2.75) is 13.1 Å². The number of carbonyl (C=O) groups is 1. The minimum Gasteiger partial charge on any atom is -0.399 e. The first-order chi connectivity index (χ1) is 9.13. The van der Waals surface area contributed by atoms with Crippen molar-refractivity contribution < 1.29 is 4.79 Å². The summed E-state index contributed by atoms with van der Waals surface area (Å²) in [7, 11) is 0. The van der Waals surface area contributed by atoms with E-state index in [1.165, 1.54) is 0 Å². The second-order valence-corrected chi connectivity index (χ2v) is 5.50. The molecule has 0 aliphatic carbocycles. The molecule has 0 saturated heterocycles. The van der Waals surface area contributed by atoms with Crippen LogP contribution in [-0.4, -0.2) is 15.8 Å². The van der Waals surface area contributed by atoms with Crippen LogP contribution in [0.25, 0.3) is 0 Å². The quantitative estimate of drug-likeness (QED) is 0.866. The zero-order valence-corrected chi connectivity index (χ0v) is 11.7. The van der Waals surface area contributed by atoms with E-state index in [9.17, 15) is 4.79 Å². The Labute approximate surface area is 119 Å². The fraction of sp³-hybridized carbons (Fsp3) is 0.143. The second-order valence-electron chi connectivity index (χ2n) is 4.59. The van der Waals surface area contributed by atoms with Gasteiger partial charge in [0.2, 0.25) is 0 Å². The summed E-state index contributed by atoms with van der Waals surface area (Å²) < 4.78 is 0.915. The van der Waals surface area contributed by atoms with E-state index in [0.717, 1.165) is 15.6 Å². The molecule has 3 rings (SSSR count). The molecule has 96 valence electrons. The van der Waals surface area contributed by atoms with E-state index in [-0.39, 0.29) is 5.91 Å². The van der Waals surface area contributed by atoms with E-state index in [1.807, 2.05) is 18.2 Å². The number of pyridine rings is 1. The van der Waals surface area contributed by atoms with Gasteiger partial charge in [0.15, 0.2) is 0 Å². The minimum absolute atomic E-state index is 0.0299. The first-order valence-corrected chi connectivity index (χ1v) is 6.70. The molecule has 19 heavy (non-hydrogen) atoms. The number of amides is 1. The van der Waals surface area contributed by atoms with E-state index >= 15 is 0 Å². The van der Waals surface area contributed by atoms with Gasteiger partial charge in [0.1, 0.15) is 0 Å². The average Bonchev–Trinajstić information content (AvgIpc) is 2.67. The zero-order chi connectivity index (χ0) is 13.4. The Morgan fingerprint density at radius 2 is 2.16 bits per heavy atom. The Morgan fingerprint density at radius 1 is 1.32 bits per heavy atom. The van der Waals surface area contributed by atoms with Gasteiger partial charge in [0, 0.05) is 41.2 Å². The highest BCUT2D eigenvalue weighted by molar-refractivity contribution is 9.10. The lowest BCUT2D eigenvalue weighted by Gasteiger charge is -2.15. The fourth-order valence-electron chi connectivity index (χ4n) is 2.27. The third kappa shape index (κ3) is 2.33. The van der Waals surface area contributed by atoms with Gasteiger partial charge >= 0.3 is 0 Å². The number of nitrogens with two attached hydrogens (primary N) is 1. The predicted molar refractivity (Wildman–Crippen MR) is 76.4 cm³/mol. The number of fused-ring (bicyclic) bond motifs is 1. The molecule has 0 bridgehead atoms. The summed E-state index contributed by atoms with van der Waals surface area (Å²) in [5.41, 5.74) is 9.09. The smallest absolute Gasteiger partial charge is 0.254 e. The molecule has 0 fully saturated rings. The molecule has 1 amide bonds. The van der Waals surface area contributed by atoms with Crippen LogP contribution >= 0.6 is 15.9 Å². The number of hydrogen-bond donors (Lipinski definition) is 1. The van der Waals surface area contributed by atoms with E-state index in [1.54, 1.807) is 23.4 Å². The molecule has 2 N–H and O–H groups in total. The molecule has 1 aromatic heterocycles. The highest BCUT2D eigenvalue weighted by atomic mass is 79.9. The van der Waals surface area contributed by atoms with Crippen molar-refractivity contribution >= 4 is 27.5 Å². The summed E-state index contributed by atoms with van der Waals surface area (Å²) in [4.78, 5) is 18.2. The molecular formula is C14H12BrN3O. The van der Waals surface area contributed by atoms with Gasteiger partial charge in [-0.15, -0.1) is 0 Å². The van der Waals surface area contributed by atoms with Gasteiger partial charge in [-0.3, -0.25) is 9.78 Å². The standard InChI is InChI=1S/C14H12BrN3O/c15-11-3-9(5-17-6-11)7-18-8-10-1-2-12(16)4-13(10)14(18)19/h1-6H,7-8,16H2. The lowest BCUT2D eigenvalue weighted by molar-refractivity contribution is 0.0766. The van der Waals surface area contributed by atoms with E-state index < -0.39 is 0 Å². The van der Waals surface area contributed by atoms with Crippen molar-refractivity contribution in [1.82, 2.24) is 9.88 Å². The molecule has 5 heteroatoms. The molecule has 4 nitrogen and oxygen atoms in total. The lowest BCUT2D eigenvalue weighted by atomic mass is 10.1. The van der Waals surface area contributed by atoms with Crippen LogP contribution in [0, 0.1) is 0 Å².